The number of Topliss-reactive ketones (excluding diaryl/α,β-unsaturated/α-hetero) is 1. The van der Waals surface area contributed by atoms with E-state index in [1.54, 1.807) is 6.92 Å². The number of hydrogen-bond donors (Lipinski definition) is 0. The molecule has 0 radical (unpaired) electrons. The second-order valence-electron chi connectivity index (χ2n) is 4.38. The molecule has 0 bridgehead atoms. The molecule has 0 N–H and O–H groups in total. The maximum atomic E-state index is 11.7. The van der Waals surface area contributed by atoms with Crippen LogP contribution in [0.1, 0.15) is 39.0 Å². The molecule has 5 nitrogen and oxygen atoms in total. The van der Waals surface area contributed by atoms with Gasteiger partial charge in [-0.2, -0.15) is 0 Å². The lowest BCUT2D eigenvalue weighted by Crippen LogP contribution is -2.33. The molecule has 0 aromatic carbocycles. The van der Waals surface area contributed by atoms with Crippen LogP contribution < -0.4 is 0 Å². The quantitative estimate of drug-likeness (QED) is 0.310. The van der Waals surface area contributed by atoms with E-state index in [-0.39, 0.29) is 28.8 Å². The van der Waals surface area contributed by atoms with Crippen molar-refractivity contribution in [3.8, 4) is 0 Å². The van der Waals surface area contributed by atoms with E-state index >= 15 is 0 Å². The fraction of sp³-hybridized carbons (Fsp3) is 0.750. The van der Waals surface area contributed by atoms with Crippen molar-refractivity contribution in [2.75, 3.05) is 6.61 Å². The van der Waals surface area contributed by atoms with Crippen LogP contribution in [-0.2, 0) is 9.53 Å². The van der Waals surface area contributed by atoms with Crippen molar-refractivity contribution in [2.24, 2.45) is 5.92 Å². The third kappa shape index (κ3) is 3.84. The van der Waals surface area contributed by atoms with Crippen molar-refractivity contribution in [1.29, 1.82) is 0 Å². The molecule has 0 amide bonds. The predicted molar refractivity (Wildman–Crippen MR) is 63.1 cm³/mol. The zero-order valence-electron chi connectivity index (χ0n) is 10.2. The number of hydrogen-bond acceptors (Lipinski definition) is 4. The lowest BCUT2D eigenvalue weighted by molar-refractivity contribution is -0.535. The molecule has 17 heavy (non-hydrogen) atoms. The van der Waals surface area contributed by atoms with Crippen molar-refractivity contribution in [1.82, 2.24) is 0 Å². The van der Waals surface area contributed by atoms with Crippen LogP contribution in [0.5, 0.6) is 0 Å². The van der Waals surface area contributed by atoms with Crippen molar-refractivity contribution >= 4 is 5.78 Å². The van der Waals surface area contributed by atoms with Crippen LogP contribution in [0.15, 0.2) is 12.3 Å². The average Bonchev–Trinajstić information content (AvgIpc) is 2.29. The molecule has 0 spiro atoms. The van der Waals surface area contributed by atoms with Crippen LogP contribution in [0.25, 0.3) is 0 Å². The summed E-state index contributed by atoms with van der Waals surface area (Å²) in [6.07, 6.45) is 3.35. The van der Waals surface area contributed by atoms with Gasteiger partial charge in [0.2, 0.25) is 6.04 Å². The summed E-state index contributed by atoms with van der Waals surface area (Å²) >= 11 is 0. The third-order valence-electron chi connectivity index (χ3n) is 3.22. The van der Waals surface area contributed by atoms with Gasteiger partial charge in [0.05, 0.1) is 6.61 Å². The minimum absolute atomic E-state index is 0.125. The summed E-state index contributed by atoms with van der Waals surface area (Å²) in [4.78, 5) is 22.4. The van der Waals surface area contributed by atoms with E-state index < -0.39 is 6.04 Å². The summed E-state index contributed by atoms with van der Waals surface area (Å²) in [5.41, 5.74) is 0. The highest BCUT2D eigenvalue weighted by molar-refractivity contribution is 5.92. The molecule has 2 atom stereocenters. The Morgan fingerprint density at radius 3 is 2.71 bits per heavy atom. The van der Waals surface area contributed by atoms with Gasteiger partial charge < -0.3 is 4.74 Å². The Hall–Kier alpha value is -1.39. The molecule has 1 saturated carbocycles. The molecule has 0 aromatic heterocycles. The standard InChI is InChI=1S/C12H19NO4/c1-3-17-9(2)12(14)8-10-6-4-5-7-11(10)13(15)16/h10-11H,2-8H2,1H3/t10-,11-/m1/s1. The molecule has 1 fully saturated rings. The van der Waals surface area contributed by atoms with Gasteiger partial charge in [0.1, 0.15) is 0 Å². The highest BCUT2D eigenvalue weighted by Gasteiger charge is 2.35. The van der Waals surface area contributed by atoms with Gasteiger partial charge in [0.25, 0.3) is 0 Å². The van der Waals surface area contributed by atoms with Gasteiger partial charge >= 0.3 is 0 Å². The van der Waals surface area contributed by atoms with Gasteiger partial charge in [-0.1, -0.05) is 13.0 Å². The van der Waals surface area contributed by atoms with Gasteiger partial charge in [-0.15, -0.1) is 0 Å². The van der Waals surface area contributed by atoms with Gasteiger partial charge in [-0.3, -0.25) is 14.9 Å². The van der Waals surface area contributed by atoms with Gasteiger partial charge in [-0.05, 0) is 19.8 Å². The Labute approximate surface area is 101 Å². The number of nitrogens with zero attached hydrogens (tertiary/aromatic N) is 1. The first-order valence-corrected chi connectivity index (χ1v) is 6.04. The van der Waals surface area contributed by atoms with Crippen LogP contribution in [0.4, 0.5) is 0 Å². The largest absolute Gasteiger partial charge is 0.491 e. The van der Waals surface area contributed by atoms with E-state index in [1.807, 2.05) is 0 Å². The van der Waals surface area contributed by atoms with E-state index in [2.05, 4.69) is 6.58 Å². The molecule has 96 valence electrons. The summed E-state index contributed by atoms with van der Waals surface area (Å²) < 4.78 is 5.03. The molecule has 1 aliphatic rings. The average molecular weight is 241 g/mol. The Kier molecular flexibility index (Phi) is 5.12. The van der Waals surface area contributed by atoms with E-state index in [1.165, 1.54) is 0 Å². The summed E-state index contributed by atoms with van der Waals surface area (Å²) in [5, 5.41) is 10.9. The molecule has 0 aliphatic heterocycles. The molecule has 0 saturated heterocycles. The first kappa shape index (κ1) is 13.7. The molecular formula is C12H19NO4. The fourth-order valence-electron chi connectivity index (χ4n) is 2.31. The number of ether oxygens (including phenoxy) is 1. The summed E-state index contributed by atoms with van der Waals surface area (Å²) in [6.45, 7) is 5.71. The monoisotopic (exact) mass is 241 g/mol. The molecule has 0 unspecified atom stereocenters. The summed E-state index contributed by atoms with van der Waals surface area (Å²) in [7, 11) is 0. The Morgan fingerprint density at radius 1 is 1.47 bits per heavy atom. The Balaban J connectivity index is 2.55. The lowest BCUT2D eigenvalue weighted by atomic mass is 9.81. The predicted octanol–water partition coefficient (Wildman–Crippen LogP) is 2.33. The van der Waals surface area contributed by atoms with Gasteiger partial charge in [-0.25, -0.2) is 0 Å². The van der Waals surface area contributed by atoms with E-state index in [0.717, 1.165) is 19.3 Å². The van der Waals surface area contributed by atoms with Crippen molar-refractivity contribution < 1.29 is 14.5 Å². The second-order valence-corrected chi connectivity index (χ2v) is 4.38. The molecule has 1 aliphatic carbocycles. The van der Waals surface area contributed by atoms with Crippen LogP contribution >= 0.6 is 0 Å². The number of rotatable bonds is 6. The number of ketones is 1. The Morgan fingerprint density at radius 2 is 2.12 bits per heavy atom. The molecular weight excluding hydrogens is 222 g/mol. The number of nitro groups is 1. The maximum absolute atomic E-state index is 11.7. The molecule has 0 aromatic rings. The summed E-state index contributed by atoms with van der Waals surface area (Å²) in [6, 6.07) is -0.581. The number of allylic oxidation sites excluding steroid dienone is 1. The van der Waals surface area contributed by atoms with E-state index in [4.69, 9.17) is 4.74 Å². The van der Waals surface area contributed by atoms with Crippen molar-refractivity contribution in [2.45, 2.75) is 45.1 Å². The first-order chi connectivity index (χ1) is 8.06. The molecule has 0 heterocycles. The topological polar surface area (TPSA) is 69.4 Å². The van der Waals surface area contributed by atoms with E-state index in [0.29, 0.717) is 13.0 Å². The fourth-order valence-corrected chi connectivity index (χ4v) is 2.31. The normalized spacial score (nSPS) is 24.1. The first-order valence-electron chi connectivity index (χ1n) is 6.04. The lowest BCUT2D eigenvalue weighted by Gasteiger charge is -2.24. The van der Waals surface area contributed by atoms with Crippen molar-refractivity contribution in [3.05, 3.63) is 22.5 Å². The number of carbonyl (C=O) groups is 1. The van der Waals surface area contributed by atoms with Crippen LogP contribution in [-0.4, -0.2) is 23.4 Å². The zero-order valence-corrected chi connectivity index (χ0v) is 10.2. The second kappa shape index (κ2) is 6.37. The number of carbonyl (C=O) groups excluding carboxylic acids is 1. The summed E-state index contributed by atoms with van der Waals surface area (Å²) in [5.74, 6) is -0.241. The molecule has 1 rings (SSSR count). The highest BCUT2D eigenvalue weighted by atomic mass is 16.6. The van der Waals surface area contributed by atoms with Crippen LogP contribution in [0.2, 0.25) is 0 Å². The van der Waals surface area contributed by atoms with Crippen LogP contribution in [0.3, 0.4) is 0 Å². The highest BCUT2D eigenvalue weighted by Crippen LogP contribution is 2.29. The minimum atomic E-state index is -0.581. The maximum Gasteiger partial charge on any atom is 0.216 e. The minimum Gasteiger partial charge on any atom is -0.491 e. The smallest absolute Gasteiger partial charge is 0.216 e. The zero-order chi connectivity index (χ0) is 12.8. The van der Waals surface area contributed by atoms with Crippen LogP contribution in [0, 0.1) is 16.0 Å². The third-order valence-corrected chi connectivity index (χ3v) is 3.22. The van der Waals surface area contributed by atoms with E-state index in [9.17, 15) is 14.9 Å². The SMILES string of the molecule is C=C(OCC)C(=O)C[C@H]1CCCC[C@H]1[N+](=O)[O-]. The Bertz CT molecular complexity index is 314. The molecule has 5 heteroatoms. The van der Waals surface area contributed by atoms with Gasteiger partial charge in [0, 0.05) is 23.7 Å². The van der Waals surface area contributed by atoms with Crippen molar-refractivity contribution in [3.63, 3.8) is 0 Å². The van der Waals surface area contributed by atoms with Gasteiger partial charge in [0.15, 0.2) is 11.5 Å².